The molecule has 1 aromatic heterocycles. The van der Waals surface area contributed by atoms with E-state index >= 15 is 0 Å². The lowest BCUT2D eigenvalue weighted by atomic mass is 10.1. The Hall–Kier alpha value is -2.54. The van der Waals surface area contributed by atoms with Crippen LogP contribution in [0.5, 0.6) is 5.75 Å². The number of carbonyl (C=O) groups excluding carboxylic acids is 1. The van der Waals surface area contributed by atoms with Crippen molar-refractivity contribution in [3.63, 3.8) is 0 Å². The zero-order chi connectivity index (χ0) is 19.3. The maximum absolute atomic E-state index is 12.3. The van der Waals surface area contributed by atoms with Crippen molar-refractivity contribution in [2.75, 3.05) is 19.0 Å². The Balaban J connectivity index is 2.02. The highest BCUT2D eigenvalue weighted by Gasteiger charge is 2.19. The Bertz CT molecular complexity index is 826. The minimum atomic E-state index is -0.441. The summed E-state index contributed by atoms with van der Waals surface area (Å²) in [7, 11) is 1.56. The van der Waals surface area contributed by atoms with Gasteiger partial charge < -0.3 is 15.4 Å². The van der Waals surface area contributed by atoms with Gasteiger partial charge in [-0.3, -0.25) is 9.59 Å². The molecule has 0 aliphatic rings. The zero-order valence-corrected chi connectivity index (χ0v) is 16.1. The van der Waals surface area contributed by atoms with Crippen molar-refractivity contribution < 1.29 is 9.53 Å². The summed E-state index contributed by atoms with van der Waals surface area (Å²) in [6.07, 6.45) is 1.55. The first kappa shape index (κ1) is 19.8. The van der Waals surface area contributed by atoms with Crippen molar-refractivity contribution in [2.24, 2.45) is 0 Å². The molecule has 140 valence electrons. The molecule has 1 amide bonds. The lowest BCUT2D eigenvalue weighted by Crippen LogP contribution is -2.36. The van der Waals surface area contributed by atoms with Gasteiger partial charge in [-0.15, -0.1) is 0 Å². The van der Waals surface area contributed by atoms with Gasteiger partial charge in [-0.05, 0) is 38.5 Å². The van der Waals surface area contributed by atoms with E-state index in [0.29, 0.717) is 18.0 Å². The highest BCUT2D eigenvalue weighted by Crippen LogP contribution is 2.20. The van der Waals surface area contributed by atoms with E-state index in [4.69, 9.17) is 16.3 Å². The lowest BCUT2D eigenvalue weighted by Gasteiger charge is -2.21. The van der Waals surface area contributed by atoms with Crippen molar-refractivity contribution in [2.45, 2.75) is 32.9 Å². The van der Waals surface area contributed by atoms with Crippen LogP contribution < -0.4 is 20.9 Å². The Morgan fingerprint density at radius 3 is 2.50 bits per heavy atom. The van der Waals surface area contributed by atoms with Gasteiger partial charge in [0.25, 0.3) is 11.5 Å². The van der Waals surface area contributed by atoms with E-state index in [1.54, 1.807) is 25.4 Å². The highest BCUT2D eigenvalue weighted by molar-refractivity contribution is 6.32. The monoisotopic (exact) mass is 378 g/mol. The molecule has 8 heteroatoms. The molecule has 1 aromatic carbocycles. The number of anilines is 1. The quantitative estimate of drug-likeness (QED) is 0.806. The van der Waals surface area contributed by atoms with Crippen LogP contribution in [0, 0.1) is 0 Å². The molecule has 2 aromatic rings. The molecule has 0 saturated carbocycles. The third-order valence-corrected chi connectivity index (χ3v) is 3.97. The van der Waals surface area contributed by atoms with Gasteiger partial charge in [0.2, 0.25) is 0 Å². The Morgan fingerprint density at radius 1 is 1.27 bits per heavy atom. The van der Waals surface area contributed by atoms with Crippen molar-refractivity contribution in [3.05, 3.63) is 51.4 Å². The zero-order valence-electron chi connectivity index (χ0n) is 15.3. The largest absolute Gasteiger partial charge is 0.484 e. The van der Waals surface area contributed by atoms with Gasteiger partial charge in [0.1, 0.15) is 10.8 Å². The van der Waals surface area contributed by atoms with Gasteiger partial charge in [-0.1, -0.05) is 23.7 Å². The molecular weight excluding hydrogens is 356 g/mol. The van der Waals surface area contributed by atoms with Gasteiger partial charge in [-0.2, -0.15) is 5.10 Å². The number of hydrogen-bond acceptors (Lipinski definition) is 5. The van der Waals surface area contributed by atoms with E-state index in [-0.39, 0.29) is 23.1 Å². The van der Waals surface area contributed by atoms with E-state index in [1.807, 2.05) is 32.9 Å². The van der Waals surface area contributed by atoms with Crippen LogP contribution in [0.2, 0.25) is 5.02 Å². The highest BCUT2D eigenvalue weighted by atomic mass is 35.5. The second-order valence-corrected chi connectivity index (χ2v) is 7.10. The van der Waals surface area contributed by atoms with Crippen molar-refractivity contribution in [1.82, 2.24) is 15.1 Å². The Morgan fingerprint density at radius 2 is 1.92 bits per heavy atom. The fourth-order valence-corrected chi connectivity index (χ4v) is 2.35. The first-order valence-corrected chi connectivity index (χ1v) is 8.54. The van der Waals surface area contributed by atoms with Crippen LogP contribution >= 0.6 is 11.6 Å². The average Bonchev–Trinajstić information content (AvgIpc) is 2.60. The molecule has 0 unspecified atom stereocenters. The average molecular weight is 379 g/mol. The maximum atomic E-state index is 12.3. The number of ether oxygens (including phenoxy) is 1. The van der Waals surface area contributed by atoms with Gasteiger partial charge in [-0.25, -0.2) is 4.68 Å². The molecule has 0 saturated heterocycles. The number of aromatic nitrogens is 2. The summed E-state index contributed by atoms with van der Waals surface area (Å²) >= 11 is 6.19. The maximum Gasteiger partial charge on any atom is 0.288 e. The number of likely N-dealkylation sites (N-methyl/N-ethyl adjacent to an activating group) is 1. The SMILES string of the molecule is CNC(=O)COc1ccc(CNc2cnn(C(C)(C)C)c(=O)c2Cl)cc1. The summed E-state index contributed by atoms with van der Waals surface area (Å²) < 4.78 is 6.71. The molecule has 0 aliphatic heterocycles. The number of amides is 1. The van der Waals surface area contributed by atoms with Crippen LogP contribution in [-0.4, -0.2) is 29.3 Å². The number of nitrogens with zero attached hydrogens (tertiary/aromatic N) is 2. The van der Waals surface area contributed by atoms with Crippen LogP contribution in [0.25, 0.3) is 0 Å². The second kappa shape index (κ2) is 8.23. The normalized spacial score (nSPS) is 11.1. The number of carbonyl (C=O) groups is 1. The fourth-order valence-electron chi connectivity index (χ4n) is 2.16. The molecule has 0 fully saturated rings. The standard InChI is InChI=1S/C18H23ClN4O3/c1-18(2,3)23-17(25)16(19)14(10-22-23)21-9-12-5-7-13(8-6-12)26-11-15(24)20-4/h5-8,10,21H,9,11H2,1-4H3,(H,20,24). The molecule has 0 aliphatic carbocycles. The molecule has 0 spiro atoms. The van der Waals surface area contributed by atoms with Crippen LogP contribution in [0.3, 0.4) is 0 Å². The number of benzene rings is 1. The fraction of sp³-hybridized carbons (Fsp3) is 0.389. The molecule has 26 heavy (non-hydrogen) atoms. The minimum absolute atomic E-state index is 0.0283. The van der Waals surface area contributed by atoms with Crippen molar-refractivity contribution >= 4 is 23.2 Å². The molecule has 1 heterocycles. The molecular formula is C18H23ClN4O3. The summed E-state index contributed by atoms with van der Waals surface area (Å²) in [5.41, 5.74) is 0.677. The summed E-state index contributed by atoms with van der Waals surface area (Å²) in [4.78, 5) is 23.5. The van der Waals surface area contributed by atoms with Crippen LogP contribution in [0.4, 0.5) is 5.69 Å². The number of rotatable bonds is 6. The van der Waals surface area contributed by atoms with E-state index in [9.17, 15) is 9.59 Å². The van der Waals surface area contributed by atoms with Gasteiger partial charge in [0.05, 0.1) is 17.4 Å². The van der Waals surface area contributed by atoms with E-state index in [0.717, 1.165) is 5.56 Å². The van der Waals surface area contributed by atoms with Gasteiger partial charge in [0, 0.05) is 13.6 Å². The summed E-state index contributed by atoms with van der Waals surface area (Å²) in [5.74, 6) is 0.410. The third-order valence-electron chi connectivity index (χ3n) is 3.61. The number of halogens is 1. The van der Waals surface area contributed by atoms with Crippen LogP contribution in [-0.2, 0) is 16.9 Å². The van der Waals surface area contributed by atoms with Crippen molar-refractivity contribution in [1.29, 1.82) is 0 Å². The lowest BCUT2D eigenvalue weighted by molar-refractivity contribution is -0.122. The molecule has 0 atom stereocenters. The van der Waals surface area contributed by atoms with E-state index < -0.39 is 5.54 Å². The van der Waals surface area contributed by atoms with Crippen LogP contribution in [0.15, 0.2) is 35.3 Å². The smallest absolute Gasteiger partial charge is 0.288 e. The summed E-state index contributed by atoms with van der Waals surface area (Å²) in [6.45, 7) is 6.10. The first-order chi connectivity index (χ1) is 12.2. The first-order valence-electron chi connectivity index (χ1n) is 8.17. The van der Waals surface area contributed by atoms with E-state index in [2.05, 4.69) is 15.7 Å². The predicted octanol–water partition coefficient (Wildman–Crippen LogP) is 2.39. The Kier molecular flexibility index (Phi) is 6.26. The minimum Gasteiger partial charge on any atom is -0.484 e. The molecule has 2 N–H and O–H groups in total. The molecule has 0 bridgehead atoms. The number of nitrogens with one attached hydrogen (secondary N) is 2. The number of hydrogen-bond donors (Lipinski definition) is 2. The van der Waals surface area contributed by atoms with Crippen molar-refractivity contribution in [3.8, 4) is 5.75 Å². The molecule has 2 rings (SSSR count). The molecule has 7 nitrogen and oxygen atoms in total. The Labute approximate surface area is 157 Å². The summed E-state index contributed by atoms with van der Waals surface area (Å²) in [5, 5.41) is 9.90. The third kappa shape index (κ3) is 4.98. The summed E-state index contributed by atoms with van der Waals surface area (Å²) in [6, 6.07) is 7.28. The van der Waals surface area contributed by atoms with Gasteiger partial charge in [0.15, 0.2) is 6.61 Å². The van der Waals surface area contributed by atoms with E-state index in [1.165, 1.54) is 4.68 Å². The molecule has 0 radical (unpaired) electrons. The second-order valence-electron chi connectivity index (χ2n) is 6.72. The predicted molar refractivity (Wildman–Crippen MR) is 102 cm³/mol. The topological polar surface area (TPSA) is 85.2 Å². The van der Waals surface area contributed by atoms with Crippen LogP contribution in [0.1, 0.15) is 26.3 Å². The van der Waals surface area contributed by atoms with Gasteiger partial charge >= 0.3 is 0 Å².